The molecule has 0 saturated heterocycles. The average Bonchev–Trinajstić information content (AvgIpc) is 2.63. The third-order valence-electron chi connectivity index (χ3n) is 3.59. The first-order chi connectivity index (χ1) is 12.4. The number of amides is 1. The monoisotopic (exact) mass is 361 g/mol. The maximum Gasteiger partial charge on any atom is 0.311 e. The van der Waals surface area contributed by atoms with Crippen LogP contribution in [0.25, 0.3) is 0 Å². The van der Waals surface area contributed by atoms with Gasteiger partial charge in [0, 0.05) is 5.69 Å². The van der Waals surface area contributed by atoms with Gasteiger partial charge in [0.2, 0.25) is 0 Å². The van der Waals surface area contributed by atoms with Crippen molar-refractivity contribution in [3.63, 3.8) is 0 Å². The largest absolute Gasteiger partial charge is 0.493 e. The molecule has 0 heterocycles. The Morgan fingerprint density at radius 1 is 1.04 bits per heavy atom. The average molecular weight is 361 g/mol. The lowest BCUT2D eigenvalue weighted by atomic mass is 10.1. The second-order valence-corrected chi connectivity index (χ2v) is 5.49. The number of carbonyl (C=O) groups excluding carboxylic acids is 2. The number of nitrogens with one attached hydrogen (secondary N) is 1. The zero-order valence-corrected chi connectivity index (χ0v) is 14.7. The van der Waals surface area contributed by atoms with E-state index in [0.29, 0.717) is 22.7 Å². The highest BCUT2D eigenvalue weighted by molar-refractivity contribution is 5.95. The molecule has 0 aromatic heterocycles. The molecule has 1 amide bonds. The van der Waals surface area contributed by atoms with Gasteiger partial charge in [-0.25, -0.2) is 4.39 Å². The predicted molar refractivity (Wildman–Crippen MR) is 93.8 cm³/mol. The molecule has 1 atom stereocenters. The van der Waals surface area contributed by atoms with Gasteiger partial charge in [0.1, 0.15) is 5.82 Å². The summed E-state index contributed by atoms with van der Waals surface area (Å²) in [6.45, 7) is 1.46. The van der Waals surface area contributed by atoms with Crippen LogP contribution in [0.1, 0.15) is 12.5 Å². The molecule has 7 heteroatoms. The number of halogens is 1. The fourth-order valence-corrected chi connectivity index (χ4v) is 2.23. The van der Waals surface area contributed by atoms with E-state index >= 15 is 0 Å². The number of benzene rings is 2. The molecule has 0 fully saturated rings. The number of hydrogen-bond acceptors (Lipinski definition) is 5. The first-order valence-corrected chi connectivity index (χ1v) is 7.89. The van der Waals surface area contributed by atoms with Crippen molar-refractivity contribution in [2.45, 2.75) is 19.4 Å². The summed E-state index contributed by atoms with van der Waals surface area (Å²) in [7, 11) is 3.02. The molecule has 0 saturated carbocycles. The Kier molecular flexibility index (Phi) is 6.54. The molecule has 2 aromatic carbocycles. The minimum absolute atomic E-state index is 0.0193. The van der Waals surface area contributed by atoms with Gasteiger partial charge in [-0.2, -0.15) is 0 Å². The van der Waals surface area contributed by atoms with Crippen molar-refractivity contribution >= 4 is 17.6 Å². The van der Waals surface area contributed by atoms with Crippen LogP contribution in [-0.4, -0.2) is 32.2 Å². The van der Waals surface area contributed by atoms with E-state index in [2.05, 4.69) is 5.32 Å². The van der Waals surface area contributed by atoms with Crippen LogP contribution in [-0.2, 0) is 20.7 Å². The summed E-state index contributed by atoms with van der Waals surface area (Å²) in [6.07, 6.45) is -1.01. The lowest BCUT2D eigenvalue weighted by Gasteiger charge is -2.14. The summed E-state index contributed by atoms with van der Waals surface area (Å²) in [5.41, 5.74) is 1.08. The number of anilines is 1. The van der Waals surface area contributed by atoms with Crippen molar-refractivity contribution in [2.24, 2.45) is 0 Å². The van der Waals surface area contributed by atoms with Crippen molar-refractivity contribution in [1.29, 1.82) is 0 Å². The van der Waals surface area contributed by atoms with Gasteiger partial charge in [0.15, 0.2) is 17.6 Å². The van der Waals surface area contributed by atoms with E-state index in [-0.39, 0.29) is 6.42 Å². The van der Waals surface area contributed by atoms with Crippen LogP contribution in [0, 0.1) is 5.82 Å². The third kappa shape index (κ3) is 5.20. The molecule has 1 unspecified atom stereocenters. The molecule has 0 aliphatic heterocycles. The minimum atomic E-state index is -0.993. The van der Waals surface area contributed by atoms with E-state index in [1.165, 1.54) is 45.4 Å². The highest BCUT2D eigenvalue weighted by Crippen LogP contribution is 2.27. The van der Waals surface area contributed by atoms with E-state index in [9.17, 15) is 14.0 Å². The Bertz CT molecular complexity index is 776. The van der Waals surface area contributed by atoms with Gasteiger partial charge in [-0.05, 0) is 48.9 Å². The van der Waals surface area contributed by atoms with Gasteiger partial charge in [0.25, 0.3) is 5.91 Å². The number of rotatable bonds is 7. The van der Waals surface area contributed by atoms with Gasteiger partial charge >= 0.3 is 5.97 Å². The van der Waals surface area contributed by atoms with Crippen molar-refractivity contribution in [2.75, 3.05) is 19.5 Å². The quantitative estimate of drug-likeness (QED) is 0.768. The predicted octanol–water partition coefficient (Wildman–Crippen LogP) is 2.96. The molecule has 2 aromatic rings. The maximum atomic E-state index is 12.9. The molecule has 2 rings (SSSR count). The minimum Gasteiger partial charge on any atom is -0.493 e. The normalized spacial score (nSPS) is 11.4. The fraction of sp³-hybridized carbons (Fsp3) is 0.263. The van der Waals surface area contributed by atoms with Gasteiger partial charge < -0.3 is 19.5 Å². The molecule has 138 valence electrons. The smallest absolute Gasteiger partial charge is 0.311 e. The van der Waals surface area contributed by atoms with Crippen LogP contribution < -0.4 is 14.8 Å². The molecule has 0 spiro atoms. The zero-order chi connectivity index (χ0) is 19.1. The molecule has 6 nitrogen and oxygen atoms in total. The van der Waals surface area contributed by atoms with E-state index in [4.69, 9.17) is 14.2 Å². The van der Waals surface area contributed by atoms with Gasteiger partial charge in [-0.1, -0.05) is 6.07 Å². The first-order valence-electron chi connectivity index (χ1n) is 7.89. The summed E-state index contributed by atoms with van der Waals surface area (Å²) in [5.74, 6) is -0.412. The van der Waals surface area contributed by atoms with Gasteiger partial charge in [0.05, 0.1) is 20.6 Å². The van der Waals surface area contributed by atoms with Crippen molar-refractivity contribution in [3.05, 3.63) is 53.8 Å². The third-order valence-corrected chi connectivity index (χ3v) is 3.59. The first kappa shape index (κ1) is 19.2. The van der Waals surface area contributed by atoms with Gasteiger partial charge in [-0.15, -0.1) is 0 Å². The molecule has 0 aliphatic carbocycles. The summed E-state index contributed by atoms with van der Waals surface area (Å²) in [5, 5.41) is 2.55. The molecule has 0 aliphatic rings. The number of methoxy groups -OCH3 is 2. The summed E-state index contributed by atoms with van der Waals surface area (Å²) in [6, 6.07) is 10.4. The molecule has 26 heavy (non-hydrogen) atoms. The maximum absolute atomic E-state index is 12.9. The Morgan fingerprint density at radius 2 is 1.69 bits per heavy atom. The molecule has 1 N–H and O–H groups in total. The number of esters is 1. The van der Waals surface area contributed by atoms with Crippen LogP contribution >= 0.6 is 0 Å². The highest BCUT2D eigenvalue weighted by atomic mass is 19.1. The van der Waals surface area contributed by atoms with E-state index < -0.39 is 23.8 Å². The van der Waals surface area contributed by atoms with Crippen LogP contribution in [0.4, 0.5) is 10.1 Å². The number of ether oxygens (including phenoxy) is 3. The van der Waals surface area contributed by atoms with Crippen LogP contribution in [0.2, 0.25) is 0 Å². The lowest BCUT2D eigenvalue weighted by molar-refractivity contribution is -0.152. The second-order valence-electron chi connectivity index (χ2n) is 5.49. The number of hydrogen-bond donors (Lipinski definition) is 1. The van der Waals surface area contributed by atoms with Crippen LogP contribution in [0.15, 0.2) is 42.5 Å². The highest BCUT2D eigenvalue weighted by Gasteiger charge is 2.18. The summed E-state index contributed by atoms with van der Waals surface area (Å²) < 4.78 is 28.3. The fourth-order valence-electron chi connectivity index (χ4n) is 2.23. The standard InChI is InChI=1S/C19H20FNO5/c1-12(19(23)21-15-7-5-14(20)6-8-15)26-18(22)11-13-4-9-16(24-2)17(10-13)25-3/h4-10,12H,11H2,1-3H3,(H,21,23). The van der Waals surface area contributed by atoms with Crippen molar-refractivity contribution in [3.8, 4) is 11.5 Å². The van der Waals surface area contributed by atoms with E-state index in [0.717, 1.165) is 0 Å². The second kappa shape index (κ2) is 8.84. The van der Waals surface area contributed by atoms with E-state index in [1.54, 1.807) is 18.2 Å². The van der Waals surface area contributed by atoms with Crippen LogP contribution in [0.3, 0.4) is 0 Å². The summed E-state index contributed by atoms with van der Waals surface area (Å²) in [4.78, 5) is 24.1. The van der Waals surface area contributed by atoms with E-state index in [1.807, 2.05) is 0 Å². The molecular weight excluding hydrogens is 341 g/mol. The number of carbonyl (C=O) groups is 2. The van der Waals surface area contributed by atoms with Crippen molar-refractivity contribution < 1.29 is 28.2 Å². The molecule has 0 radical (unpaired) electrons. The molecular formula is C19H20FNO5. The summed E-state index contributed by atoms with van der Waals surface area (Å²) >= 11 is 0. The van der Waals surface area contributed by atoms with Crippen molar-refractivity contribution in [1.82, 2.24) is 0 Å². The topological polar surface area (TPSA) is 73.9 Å². The Hall–Kier alpha value is -3.09. The zero-order valence-electron chi connectivity index (χ0n) is 14.7. The Labute approximate surface area is 150 Å². The SMILES string of the molecule is COc1ccc(CC(=O)OC(C)C(=O)Nc2ccc(F)cc2)cc1OC. The van der Waals surface area contributed by atoms with Gasteiger partial charge in [-0.3, -0.25) is 9.59 Å². The van der Waals surface area contributed by atoms with Crippen LogP contribution in [0.5, 0.6) is 11.5 Å². The molecule has 0 bridgehead atoms. The Morgan fingerprint density at radius 3 is 2.31 bits per heavy atom. The lowest BCUT2D eigenvalue weighted by Crippen LogP contribution is -2.30. The Balaban J connectivity index is 1.92.